The molecule has 1 aliphatic heterocycles. The van der Waals surface area contributed by atoms with Crippen LogP contribution in [-0.2, 0) is 4.79 Å². The molecule has 0 unspecified atom stereocenters. The third kappa shape index (κ3) is 4.62. The monoisotopic (exact) mass is 226 g/mol. The summed E-state index contributed by atoms with van der Waals surface area (Å²) in [5.74, 6) is 0.809. The van der Waals surface area contributed by atoms with Crippen LogP contribution in [0, 0.1) is 11.3 Å². The third-order valence-corrected chi connectivity index (χ3v) is 3.40. The number of carbonyl (C=O) groups excluding carboxylic acids is 1. The average molecular weight is 226 g/mol. The molecule has 0 N–H and O–H groups in total. The number of hydrogen-bond donors (Lipinski definition) is 0. The van der Waals surface area contributed by atoms with Crippen LogP contribution in [0.25, 0.3) is 0 Å². The van der Waals surface area contributed by atoms with Gasteiger partial charge in [0.2, 0.25) is 0 Å². The number of hydrogen-bond acceptors (Lipinski definition) is 3. The van der Waals surface area contributed by atoms with Crippen molar-refractivity contribution in [1.29, 1.82) is 0 Å². The summed E-state index contributed by atoms with van der Waals surface area (Å²) < 4.78 is 0. The zero-order valence-electron chi connectivity index (χ0n) is 11.2. The first-order valence-corrected chi connectivity index (χ1v) is 6.26. The Morgan fingerprint density at radius 2 is 1.94 bits per heavy atom. The van der Waals surface area contributed by atoms with Gasteiger partial charge in [-0.2, -0.15) is 0 Å². The molecule has 0 atom stereocenters. The first-order valence-electron chi connectivity index (χ1n) is 6.26. The van der Waals surface area contributed by atoms with E-state index >= 15 is 0 Å². The van der Waals surface area contributed by atoms with Crippen LogP contribution < -0.4 is 0 Å². The second-order valence-electron chi connectivity index (χ2n) is 6.05. The zero-order valence-corrected chi connectivity index (χ0v) is 11.2. The van der Waals surface area contributed by atoms with Gasteiger partial charge in [0.05, 0.1) is 0 Å². The molecule has 3 heteroatoms. The molecule has 16 heavy (non-hydrogen) atoms. The molecule has 0 aliphatic carbocycles. The first-order chi connectivity index (χ1) is 7.43. The Bertz CT molecular complexity index is 220. The second kappa shape index (κ2) is 5.78. The molecule has 0 spiro atoms. The summed E-state index contributed by atoms with van der Waals surface area (Å²) >= 11 is 0. The Kier molecular flexibility index (Phi) is 4.93. The third-order valence-electron chi connectivity index (χ3n) is 3.40. The largest absolute Gasteiger partial charge is 0.306 e. The molecular weight excluding hydrogens is 200 g/mol. The topological polar surface area (TPSA) is 23.6 Å². The van der Waals surface area contributed by atoms with Crippen molar-refractivity contribution >= 4 is 6.29 Å². The Morgan fingerprint density at radius 1 is 1.38 bits per heavy atom. The van der Waals surface area contributed by atoms with Crippen molar-refractivity contribution in [3.63, 3.8) is 0 Å². The number of piperidine rings is 1. The van der Waals surface area contributed by atoms with Crippen molar-refractivity contribution in [1.82, 2.24) is 9.80 Å². The van der Waals surface area contributed by atoms with Gasteiger partial charge in [0, 0.05) is 18.5 Å². The molecule has 0 aromatic carbocycles. The Hall–Kier alpha value is -0.410. The molecule has 1 saturated heterocycles. The highest BCUT2D eigenvalue weighted by atomic mass is 16.1. The fourth-order valence-electron chi connectivity index (χ4n) is 2.48. The number of rotatable bonds is 5. The van der Waals surface area contributed by atoms with Gasteiger partial charge in [0.25, 0.3) is 0 Å². The Balaban J connectivity index is 2.29. The molecular formula is C13H26N2O. The van der Waals surface area contributed by atoms with Crippen LogP contribution in [0.15, 0.2) is 0 Å². The van der Waals surface area contributed by atoms with E-state index in [-0.39, 0.29) is 5.41 Å². The van der Waals surface area contributed by atoms with E-state index in [2.05, 4.69) is 23.9 Å². The van der Waals surface area contributed by atoms with Crippen LogP contribution in [-0.4, -0.2) is 56.4 Å². The summed E-state index contributed by atoms with van der Waals surface area (Å²) in [5.41, 5.74) is -0.208. The van der Waals surface area contributed by atoms with Gasteiger partial charge in [-0.1, -0.05) is 13.8 Å². The standard InChI is InChI=1S/C13H26N2O/c1-13(2,11-16)10-15(4)9-12-5-7-14(3)8-6-12/h11-12H,5-10H2,1-4H3. The second-order valence-corrected chi connectivity index (χ2v) is 6.05. The van der Waals surface area contributed by atoms with E-state index in [4.69, 9.17) is 0 Å². The average Bonchev–Trinajstić information content (AvgIpc) is 2.21. The van der Waals surface area contributed by atoms with Crippen molar-refractivity contribution in [3.8, 4) is 0 Å². The number of carbonyl (C=O) groups is 1. The van der Waals surface area contributed by atoms with E-state index in [1.807, 2.05) is 13.8 Å². The summed E-state index contributed by atoms with van der Waals surface area (Å²) in [7, 11) is 4.32. The maximum absolute atomic E-state index is 10.9. The van der Waals surface area contributed by atoms with Gasteiger partial charge in [-0.15, -0.1) is 0 Å². The highest BCUT2D eigenvalue weighted by molar-refractivity contribution is 5.58. The molecule has 1 heterocycles. The Labute approximate surface area is 99.8 Å². The maximum atomic E-state index is 10.9. The predicted molar refractivity (Wildman–Crippen MR) is 67.6 cm³/mol. The normalized spacial score (nSPS) is 20.3. The molecule has 1 fully saturated rings. The lowest BCUT2D eigenvalue weighted by atomic mass is 9.93. The molecule has 94 valence electrons. The Morgan fingerprint density at radius 3 is 2.44 bits per heavy atom. The smallest absolute Gasteiger partial charge is 0.126 e. The predicted octanol–water partition coefficient (Wildman–Crippen LogP) is 1.49. The molecule has 1 aliphatic rings. The molecule has 0 bridgehead atoms. The van der Waals surface area contributed by atoms with Crippen molar-refractivity contribution in [2.75, 3.05) is 40.3 Å². The van der Waals surface area contributed by atoms with Crippen LogP contribution in [0.4, 0.5) is 0 Å². The van der Waals surface area contributed by atoms with Crippen molar-refractivity contribution in [2.24, 2.45) is 11.3 Å². The first kappa shape index (κ1) is 13.7. The minimum Gasteiger partial charge on any atom is -0.306 e. The fourth-order valence-corrected chi connectivity index (χ4v) is 2.48. The lowest BCUT2D eigenvalue weighted by molar-refractivity contribution is -0.115. The van der Waals surface area contributed by atoms with Gasteiger partial charge in [-0.25, -0.2) is 0 Å². The molecule has 0 radical (unpaired) electrons. The van der Waals surface area contributed by atoms with E-state index < -0.39 is 0 Å². The van der Waals surface area contributed by atoms with Crippen molar-refractivity contribution in [3.05, 3.63) is 0 Å². The van der Waals surface area contributed by atoms with E-state index in [0.717, 1.165) is 25.3 Å². The molecule has 0 saturated carbocycles. The van der Waals surface area contributed by atoms with Crippen LogP contribution in [0.2, 0.25) is 0 Å². The lowest BCUT2D eigenvalue weighted by Gasteiger charge is -2.33. The zero-order chi connectivity index (χ0) is 12.2. The molecule has 1 rings (SSSR count). The molecule has 0 aromatic heterocycles. The minimum absolute atomic E-state index is 0.208. The molecule has 0 aromatic rings. The van der Waals surface area contributed by atoms with E-state index in [9.17, 15) is 4.79 Å². The quantitative estimate of drug-likeness (QED) is 0.664. The summed E-state index contributed by atoms with van der Waals surface area (Å²) in [6.07, 6.45) is 3.66. The lowest BCUT2D eigenvalue weighted by Crippen LogP contribution is -2.39. The highest BCUT2D eigenvalue weighted by Gasteiger charge is 2.22. The van der Waals surface area contributed by atoms with E-state index in [1.165, 1.54) is 25.9 Å². The fraction of sp³-hybridized carbons (Fsp3) is 0.923. The van der Waals surface area contributed by atoms with Gasteiger partial charge in [-0.3, -0.25) is 0 Å². The van der Waals surface area contributed by atoms with E-state index in [0.29, 0.717) is 0 Å². The summed E-state index contributed by atoms with van der Waals surface area (Å²) in [6.45, 7) is 8.44. The highest BCUT2D eigenvalue weighted by Crippen LogP contribution is 2.19. The number of nitrogens with zero attached hydrogens (tertiary/aromatic N) is 2. The van der Waals surface area contributed by atoms with E-state index in [1.54, 1.807) is 0 Å². The van der Waals surface area contributed by atoms with Crippen LogP contribution in [0.1, 0.15) is 26.7 Å². The van der Waals surface area contributed by atoms with Crippen molar-refractivity contribution in [2.45, 2.75) is 26.7 Å². The van der Waals surface area contributed by atoms with Gasteiger partial charge in [0.1, 0.15) is 6.29 Å². The van der Waals surface area contributed by atoms with Gasteiger partial charge in [0.15, 0.2) is 0 Å². The van der Waals surface area contributed by atoms with Crippen molar-refractivity contribution < 1.29 is 4.79 Å². The maximum Gasteiger partial charge on any atom is 0.126 e. The summed E-state index contributed by atoms with van der Waals surface area (Å²) in [5, 5.41) is 0. The minimum atomic E-state index is -0.208. The van der Waals surface area contributed by atoms with Gasteiger partial charge >= 0.3 is 0 Å². The summed E-state index contributed by atoms with van der Waals surface area (Å²) in [4.78, 5) is 15.6. The van der Waals surface area contributed by atoms with Gasteiger partial charge in [-0.05, 0) is 45.9 Å². The van der Waals surface area contributed by atoms with Crippen LogP contribution >= 0.6 is 0 Å². The number of likely N-dealkylation sites (tertiary alicyclic amines) is 1. The molecule has 0 amide bonds. The molecule has 3 nitrogen and oxygen atoms in total. The number of aldehydes is 1. The van der Waals surface area contributed by atoms with Gasteiger partial charge < -0.3 is 14.6 Å². The van der Waals surface area contributed by atoms with Crippen LogP contribution in [0.5, 0.6) is 0 Å². The SMILES string of the molecule is CN1CCC(CN(C)CC(C)(C)C=O)CC1. The van der Waals surface area contributed by atoms with Crippen LogP contribution in [0.3, 0.4) is 0 Å². The summed E-state index contributed by atoms with van der Waals surface area (Å²) in [6, 6.07) is 0.